The predicted octanol–water partition coefficient (Wildman–Crippen LogP) is 3.45. The molecule has 2 rings (SSSR count). The van der Waals surface area contributed by atoms with Crippen LogP contribution in [-0.4, -0.2) is 29.0 Å². The van der Waals surface area contributed by atoms with E-state index in [-0.39, 0.29) is 13.0 Å². The van der Waals surface area contributed by atoms with Crippen molar-refractivity contribution >= 4 is 18.3 Å². The number of carboxylic acid groups (broad SMARTS) is 1. The number of alkyl carbamates (subject to hydrolysis) is 1. The van der Waals surface area contributed by atoms with Crippen LogP contribution in [0.5, 0.6) is 0 Å². The van der Waals surface area contributed by atoms with E-state index in [4.69, 9.17) is 9.84 Å². The summed E-state index contributed by atoms with van der Waals surface area (Å²) in [6, 6.07) is 9.41. The predicted molar refractivity (Wildman–Crippen MR) is 95.4 cm³/mol. The third-order valence-corrected chi connectivity index (χ3v) is 3.71. The molecule has 0 saturated heterocycles. The molecule has 1 aromatic rings. The average Bonchev–Trinajstić information content (AvgIpc) is 2.84. The number of aliphatic imine (C=N–C) groups is 1. The minimum absolute atomic E-state index is 0.0974. The van der Waals surface area contributed by atoms with Crippen molar-refractivity contribution in [3.63, 3.8) is 0 Å². The molecular formula is C19H22N2O4. The van der Waals surface area contributed by atoms with Gasteiger partial charge in [0.2, 0.25) is 0 Å². The number of carbonyl (C=O) groups is 2. The van der Waals surface area contributed by atoms with Gasteiger partial charge < -0.3 is 9.84 Å². The molecule has 25 heavy (non-hydrogen) atoms. The lowest BCUT2D eigenvalue weighted by Gasteiger charge is -2.27. The van der Waals surface area contributed by atoms with Crippen LogP contribution in [0.15, 0.2) is 59.6 Å². The van der Waals surface area contributed by atoms with Crippen molar-refractivity contribution in [3.8, 4) is 0 Å². The molecule has 132 valence electrons. The maximum atomic E-state index is 12.2. The van der Waals surface area contributed by atoms with E-state index in [9.17, 15) is 9.59 Å². The molecule has 1 unspecified atom stereocenters. The molecule has 6 nitrogen and oxygen atoms in total. The van der Waals surface area contributed by atoms with Crippen molar-refractivity contribution in [2.75, 3.05) is 0 Å². The van der Waals surface area contributed by atoms with E-state index in [2.05, 4.69) is 10.3 Å². The van der Waals surface area contributed by atoms with Gasteiger partial charge >= 0.3 is 12.1 Å². The van der Waals surface area contributed by atoms with Crippen molar-refractivity contribution in [3.05, 3.63) is 60.2 Å². The fraction of sp³-hybridized carbons (Fsp3) is 0.316. The summed E-state index contributed by atoms with van der Waals surface area (Å²) in [5, 5.41) is 11.5. The highest BCUT2D eigenvalue weighted by atomic mass is 16.5. The quantitative estimate of drug-likeness (QED) is 0.708. The van der Waals surface area contributed by atoms with E-state index in [0.29, 0.717) is 19.3 Å². The number of carboxylic acids is 1. The lowest BCUT2D eigenvalue weighted by molar-refractivity contribution is -0.137. The fourth-order valence-electron chi connectivity index (χ4n) is 2.44. The van der Waals surface area contributed by atoms with Gasteiger partial charge in [0.1, 0.15) is 6.61 Å². The lowest BCUT2D eigenvalue weighted by Crippen LogP contribution is -2.45. The highest BCUT2D eigenvalue weighted by Crippen LogP contribution is 2.21. The summed E-state index contributed by atoms with van der Waals surface area (Å²) < 4.78 is 5.27. The number of amides is 1. The van der Waals surface area contributed by atoms with Gasteiger partial charge in [0.25, 0.3) is 0 Å². The zero-order valence-electron chi connectivity index (χ0n) is 13.9. The second kappa shape index (κ2) is 9.42. The van der Waals surface area contributed by atoms with Gasteiger partial charge in [-0.15, -0.1) is 0 Å². The third-order valence-electron chi connectivity index (χ3n) is 3.71. The molecule has 1 aliphatic heterocycles. The molecular weight excluding hydrogens is 320 g/mol. The normalized spacial score (nSPS) is 18.6. The van der Waals surface area contributed by atoms with E-state index in [0.717, 1.165) is 5.56 Å². The van der Waals surface area contributed by atoms with Crippen molar-refractivity contribution in [1.29, 1.82) is 0 Å². The molecule has 1 atom stereocenters. The van der Waals surface area contributed by atoms with E-state index in [1.165, 1.54) is 0 Å². The molecule has 0 aliphatic carbocycles. The second-order valence-corrected chi connectivity index (χ2v) is 5.73. The number of unbranched alkanes of at least 4 members (excludes halogenated alkanes) is 1. The van der Waals surface area contributed by atoms with Crippen LogP contribution in [0.4, 0.5) is 4.79 Å². The minimum atomic E-state index is -0.921. The second-order valence-electron chi connectivity index (χ2n) is 5.73. The standard InChI is InChI=1S/C19H22N2O4/c22-17(23)11-5-7-13-19(12-6-2-8-14-20-19)21-18(24)25-15-16-9-3-1-4-10-16/h1-4,6,8-10,12,14H,5,7,11,13,15H2,(H,21,24)(H,22,23). The molecule has 2 N–H and O–H groups in total. The fourth-order valence-corrected chi connectivity index (χ4v) is 2.44. The summed E-state index contributed by atoms with van der Waals surface area (Å²) in [6.45, 7) is 0.174. The largest absolute Gasteiger partial charge is 0.481 e. The first-order valence-corrected chi connectivity index (χ1v) is 8.20. The van der Waals surface area contributed by atoms with Gasteiger partial charge in [-0.05, 0) is 37.0 Å². The Bertz CT molecular complexity index is 649. The molecule has 0 fully saturated rings. The van der Waals surface area contributed by atoms with Gasteiger partial charge in [0.05, 0.1) is 0 Å². The van der Waals surface area contributed by atoms with Crippen LogP contribution in [0, 0.1) is 0 Å². The van der Waals surface area contributed by atoms with Gasteiger partial charge in [-0.1, -0.05) is 42.5 Å². The Labute approximate surface area is 146 Å². The molecule has 0 bridgehead atoms. The molecule has 0 saturated carbocycles. The summed E-state index contributed by atoms with van der Waals surface area (Å²) in [5.74, 6) is -0.828. The molecule has 6 heteroatoms. The van der Waals surface area contributed by atoms with Crippen LogP contribution in [0.2, 0.25) is 0 Å². The first-order valence-electron chi connectivity index (χ1n) is 8.20. The number of carbonyl (C=O) groups excluding carboxylic acids is 1. The van der Waals surface area contributed by atoms with E-state index in [1.54, 1.807) is 18.4 Å². The number of allylic oxidation sites excluding steroid dienone is 3. The van der Waals surface area contributed by atoms with Crippen LogP contribution in [0.25, 0.3) is 0 Å². The van der Waals surface area contributed by atoms with E-state index < -0.39 is 17.7 Å². The Hall–Kier alpha value is -2.89. The van der Waals surface area contributed by atoms with Crippen molar-refractivity contribution in [1.82, 2.24) is 5.32 Å². The Morgan fingerprint density at radius 1 is 1.12 bits per heavy atom. The smallest absolute Gasteiger partial charge is 0.409 e. The number of hydrogen-bond donors (Lipinski definition) is 2. The monoisotopic (exact) mass is 342 g/mol. The van der Waals surface area contributed by atoms with Gasteiger partial charge in [-0.25, -0.2) is 4.79 Å². The topological polar surface area (TPSA) is 88.0 Å². The van der Waals surface area contributed by atoms with Gasteiger partial charge in [0, 0.05) is 12.6 Å². The zero-order valence-corrected chi connectivity index (χ0v) is 13.9. The number of aliphatic carboxylic acids is 1. The Morgan fingerprint density at radius 3 is 2.68 bits per heavy atom. The first kappa shape index (κ1) is 18.4. The maximum Gasteiger partial charge on any atom is 0.409 e. The van der Waals surface area contributed by atoms with Crippen LogP contribution in [0.3, 0.4) is 0 Å². The van der Waals surface area contributed by atoms with Crippen molar-refractivity contribution < 1.29 is 19.4 Å². The Balaban J connectivity index is 1.93. The van der Waals surface area contributed by atoms with Crippen LogP contribution in [-0.2, 0) is 16.1 Å². The van der Waals surface area contributed by atoms with Crippen LogP contribution < -0.4 is 5.32 Å². The number of hydrogen-bond acceptors (Lipinski definition) is 4. The zero-order chi connectivity index (χ0) is 18.0. The minimum Gasteiger partial charge on any atom is -0.481 e. The summed E-state index contributed by atoms with van der Waals surface area (Å²) in [4.78, 5) is 27.2. The molecule has 1 aliphatic rings. The average molecular weight is 342 g/mol. The van der Waals surface area contributed by atoms with Gasteiger partial charge in [-0.3, -0.25) is 15.1 Å². The number of ether oxygens (including phenoxy) is 1. The number of benzene rings is 1. The van der Waals surface area contributed by atoms with Crippen LogP contribution in [0.1, 0.15) is 31.2 Å². The SMILES string of the molecule is O=C(O)CCCCC1(NC(=O)OCc2ccccc2)C=CC=CC=N1. The lowest BCUT2D eigenvalue weighted by atomic mass is 10.0. The Morgan fingerprint density at radius 2 is 1.92 bits per heavy atom. The van der Waals surface area contributed by atoms with E-state index in [1.807, 2.05) is 42.5 Å². The Kier molecular flexibility index (Phi) is 6.95. The van der Waals surface area contributed by atoms with Gasteiger partial charge in [0.15, 0.2) is 5.66 Å². The molecule has 1 heterocycles. The molecule has 0 spiro atoms. The molecule has 1 aromatic carbocycles. The first-order chi connectivity index (χ1) is 12.1. The highest BCUT2D eigenvalue weighted by molar-refractivity contribution is 5.75. The summed E-state index contributed by atoms with van der Waals surface area (Å²) in [6.07, 6.45) is 9.97. The van der Waals surface area contributed by atoms with E-state index >= 15 is 0 Å². The summed E-state index contributed by atoms with van der Waals surface area (Å²) in [7, 11) is 0. The number of nitrogens with one attached hydrogen (secondary N) is 1. The molecule has 1 amide bonds. The molecule has 0 radical (unpaired) electrons. The summed E-state index contributed by atoms with van der Waals surface area (Å²) >= 11 is 0. The number of rotatable bonds is 8. The number of nitrogens with zero attached hydrogens (tertiary/aromatic N) is 1. The summed E-state index contributed by atoms with van der Waals surface area (Å²) in [5.41, 5.74) is -0.0230. The molecule has 0 aromatic heterocycles. The maximum absolute atomic E-state index is 12.2. The third kappa shape index (κ3) is 6.63. The highest BCUT2D eigenvalue weighted by Gasteiger charge is 2.28. The van der Waals surface area contributed by atoms with Crippen molar-refractivity contribution in [2.45, 2.75) is 38.0 Å². The van der Waals surface area contributed by atoms with Crippen molar-refractivity contribution in [2.24, 2.45) is 4.99 Å². The van der Waals surface area contributed by atoms with Gasteiger partial charge in [-0.2, -0.15) is 0 Å². The van der Waals surface area contributed by atoms with Crippen LogP contribution >= 0.6 is 0 Å².